The largest absolute Gasteiger partial charge is 0.349 e. The lowest BCUT2D eigenvalue weighted by Gasteiger charge is -2.31. The topological polar surface area (TPSA) is 70.1 Å². The zero-order valence-electron chi connectivity index (χ0n) is 16.8. The van der Waals surface area contributed by atoms with Crippen LogP contribution in [0.2, 0.25) is 0 Å². The van der Waals surface area contributed by atoms with Crippen LogP contribution in [0.4, 0.5) is 0 Å². The Bertz CT molecular complexity index is 789. The maximum absolute atomic E-state index is 13.0. The van der Waals surface area contributed by atoms with E-state index < -0.39 is 10.0 Å². The molecule has 1 heterocycles. The normalized spacial score (nSPS) is 15.8. The van der Waals surface area contributed by atoms with Gasteiger partial charge in [0.2, 0.25) is 5.91 Å². The molecule has 0 saturated carbocycles. The van der Waals surface area contributed by atoms with E-state index in [0.717, 1.165) is 38.6 Å². The van der Waals surface area contributed by atoms with Gasteiger partial charge in [-0.15, -0.1) is 4.40 Å². The monoisotopic (exact) mass is 393 g/mol. The van der Waals surface area contributed by atoms with Crippen LogP contribution in [0.1, 0.15) is 58.4 Å². The second-order valence-corrected chi connectivity index (χ2v) is 8.75. The van der Waals surface area contributed by atoms with Gasteiger partial charge in [0.15, 0.2) is 5.84 Å². The van der Waals surface area contributed by atoms with Gasteiger partial charge in [0.1, 0.15) is 4.90 Å². The molecule has 0 aliphatic carbocycles. The van der Waals surface area contributed by atoms with Crippen molar-refractivity contribution in [1.82, 2.24) is 9.80 Å². The molecule has 0 aromatic heterocycles. The molecule has 1 aromatic rings. The number of amidine groups is 1. The summed E-state index contributed by atoms with van der Waals surface area (Å²) in [5.74, 6) is 0.356. The minimum atomic E-state index is -3.68. The van der Waals surface area contributed by atoms with E-state index in [1.165, 1.54) is 0 Å². The first-order valence-corrected chi connectivity index (χ1v) is 11.2. The Balaban J connectivity index is 2.15. The van der Waals surface area contributed by atoms with Gasteiger partial charge in [0.25, 0.3) is 10.0 Å². The smallest absolute Gasteiger partial charge is 0.285 e. The average molecular weight is 394 g/mol. The summed E-state index contributed by atoms with van der Waals surface area (Å²) in [5.41, 5.74) is 0.562. The number of hydrogen-bond acceptors (Lipinski definition) is 4. The summed E-state index contributed by atoms with van der Waals surface area (Å²) in [4.78, 5) is 16.8. The fourth-order valence-electron chi connectivity index (χ4n) is 3.43. The molecule has 0 N–H and O–H groups in total. The molecule has 150 valence electrons. The summed E-state index contributed by atoms with van der Waals surface area (Å²) in [5, 5.41) is 0. The molecule has 0 fully saturated rings. The number of fused-ring (bicyclic) bond motifs is 1. The SMILES string of the molecule is CCCCCN(C(=O)CN(C)C1=NS(=O)(=O)c2ccccc21)C(C)CCC. The van der Waals surface area contributed by atoms with Crippen LogP contribution in [-0.4, -0.2) is 56.1 Å². The van der Waals surface area contributed by atoms with Crippen molar-refractivity contribution in [2.75, 3.05) is 20.1 Å². The second kappa shape index (κ2) is 9.35. The summed E-state index contributed by atoms with van der Waals surface area (Å²) >= 11 is 0. The zero-order chi connectivity index (χ0) is 20.0. The molecule has 0 spiro atoms. The fourth-order valence-corrected chi connectivity index (χ4v) is 4.68. The van der Waals surface area contributed by atoms with E-state index in [4.69, 9.17) is 0 Å². The van der Waals surface area contributed by atoms with Crippen LogP contribution in [0, 0.1) is 0 Å². The van der Waals surface area contributed by atoms with Crippen molar-refractivity contribution in [3.8, 4) is 0 Å². The zero-order valence-corrected chi connectivity index (χ0v) is 17.6. The molecule has 0 radical (unpaired) electrons. The van der Waals surface area contributed by atoms with Crippen molar-refractivity contribution in [3.63, 3.8) is 0 Å². The van der Waals surface area contributed by atoms with Crippen molar-refractivity contribution in [3.05, 3.63) is 29.8 Å². The van der Waals surface area contributed by atoms with E-state index in [2.05, 4.69) is 25.2 Å². The number of hydrogen-bond donors (Lipinski definition) is 0. The number of amides is 1. The first-order valence-electron chi connectivity index (χ1n) is 9.76. The molecule has 0 bridgehead atoms. The Morgan fingerprint density at radius 2 is 1.85 bits per heavy atom. The van der Waals surface area contributed by atoms with Gasteiger partial charge in [-0.05, 0) is 31.9 Å². The molecule has 1 amide bonds. The summed E-state index contributed by atoms with van der Waals surface area (Å²) in [6.07, 6.45) is 5.16. The van der Waals surface area contributed by atoms with Crippen LogP contribution in [0.25, 0.3) is 0 Å². The maximum Gasteiger partial charge on any atom is 0.285 e. The Kier molecular flexibility index (Phi) is 7.41. The standard InChI is InChI=1S/C20H31N3O3S/c1-5-7-10-14-23(16(3)11-6-2)19(24)15-22(4)20-17-12-8-9-13-18(17)27(25,26)21-20/h8-9,12-13,16H,5-7,10-11,14-15H2,1-4H3. The van der Waals surface area contributed by atoms with Crippen LogP contribution in [0.5, 0.6) is 0 Å². The van der Waals surface area contributed by atoms with Gasteiger partial charge in [-0.2, -0.15) is 8.42 Å². The first-order chi connectivity index (χ1) is 12.8. The Hall–Kier alpha value is -1.89. The molecule has 1 aliphatic rings. The average Bonchev–Trinajstić information content (AvgIpc) is 2.90. The fraction of sp³-hybridized carbons (Fsp3) is 0.600. The van der Waals surface area contributed by atoms with Gasteiger partial charge >= 0.3 is 0 Å². The number of carbonyl (C=O) groups is 1. The quantitative estimate of drug-likeness (QED) is 0.604. The highest BCUT2D eigenvalue weighted by Crippen LogP contribution is 2.27. The van der Waals surface area contributed by atoms with Crippen LogP contribution < -0.4 is 0 Å². The molecule has 6 nitrogen and oxygen atoms in total. The number of unbranched alkanes of at least 4 members (excludes halogenated alkanes) is 2. The van der Waals surface area contributed by atoms with E-state index in [-0.39, 0.29) is 23.4 Å². The molecule has 1 atom stereocenters. The van der Waals surface area contributed by atoms with Crippen LogP contribution in [-0.2, 0) is 14.8 Å². The second-order valence-electron chi connectivity index (χ2n) is 7.17. The van der Waals surface area contributed by atoms with Crippen LogP contribution in [0.15, 0.2) is 33.6 Å². The lowest BCUT2D eigenvalue weighted by atomic mass is 10.1. The summed E-state index contributed by atoms with van der Waals surface area (Å²) in [6.45, 7) is 7.20. The minimum Gasteiger partial charge on any atom is -0.349 e. The van der Waals surface area contributed by atoms with Crippen molar-refractivity contribution < 1.29 is 13.2 Å². The minimum absolute atomic E-state index is 0.0130. The van der Waals surface area contributed by atoms with Crippen molar-refractivity contribution in [2.24, 2.45) is 4.40 Å². The lowest BCUT2D eigenvalue weighted by Crippen LogP contribution is -2.45. The summed E-state index contributed by atoms with van der Waals surface area (Å²) in [6, 6.07) is 6.93. The Morgan fingerprint density at radius 3 is 2.52 bits per heavy atom. The van der Waals surface area contributed by atoms with E-state index in [1.54, 1.807) is 36.2 Å². The predicted molar refractivity (Wildman–Crippen MR) is 108 cm³/mol. The predicted octanol–water partition coefficient (Wildman–Crippen LogP) is 3.27. The van der Waals surface area contributed by atoms with Gasteiger partial charge in [0.05, 0.1) is 6.54 Å². The molecule has 0 saturated heterocycles. The molecule has 7 heteroatoms. The van der Waals surface area contributed by atoms with Crippen molar-refractivity contribution in [2.45, 2.75) is 63.8 Å². The Morgan fingerprint density at radius 1 is 1.15 bits per heavy atom. The lowest BCUT2D eigenvalue weighted by molar-refractivity contribution is -0.133. The molecular weight excluding hydrogens is 362 g/mol. The van der Waals surface area contributed by atoms with Gasteiger partial charge in [0, 0.05) is 25.2 Å². The third-order valence-electron chi connectivity index (χ3n) is 4.91. The van der Waals surface area contributed by atoms with Gasteiger partial charge in [-0.1, -0.05) is 45.2 Å². The van der Waals surface area contributed by atoms with E-state index in [0.29, 0.717) is 11.4 Å². The van der Waals surface area contributed by atoms with E-state index in [9.17, 15) is 13.2 Å². The van der Waals surface area contributed by atoms with Gasteiger partial charge in [-0.3, -0.25) is 4.79 Å². The van der Waals surface area contributed by atoms with Crippen LogP contribution >= 0.6 is 0 Å². The third kappa shape index (κ3) is 5.09. The number of likely N-dealkylation sites (N-methyl/N-ethyl adjacent to an activating group) is 1. The number of benzene rings is 1. The number of carbonyl (C=O) groups excluding carboxylic acids is 1. The number of rotatable bonds is 9. The molecular formula is C20H31N3O3S. The van der Waals surface area contributed by atoms with E-state index >= 15 is 0 Å². The van der Waals surface area contributed by atoms with Gasteiger partial charge in [-0.25, -0.2) is 0 Å². The first kappa shape index (κ1) is 21.4. The summed E-state index contributed by atoms with van der Waals surface area (Å²) in [7, 11) is -1.95. The summed E-state index contributed by atoms with van der Waals surface area (Å²) < 4.78 is 28.4. The number of sulfonamides is 1. The molecule has 1 aromatic carbocycles. The van der Waals surface area contributed by atoms with Crippen LogP contribution in [0.3, 0.4) is 0 Å². The van der Waals surface area contributed by atoms with Gasteiger partial charge < -0.3 is 9.80 Å². The molecule has 1 aliphatic heterocycles. The molecule has 27 heavy (non-hydrogen) atoms. The maximum atomic E-state index is 13.0. The number of nitrogens with zero attached hydrogens (tertiary/aromatic N) is 3. The highest BCUT2D eigenvalue weighted by molar-refractivity contribution is 7.90. The van der Waals surface area contributed by atoms with Crippen molar-refractivity contribution >= 4 is 21.8 Å². The molecule has 1 unspecified atom stereocenters. The Labute approximate surface area is 163 Å². The molecule has 2 rings (SSSR count). The third-order valence-corrected chi connectivity index (χ3v) is 6.23. The highest BCUT2D eigenvalue weighted by Gasteiger charge is 2.31. The van der Waals surface area contributed by atoms with Crippen molar-refractivity contribution in [1.29, 1.82) is 0 Å². The highest BCUT2D eigenvalue weighted by atomic mass is 32.2. The van der Waals surface area contributed by atoms with E-state index in [1.807, 2.05) is 4.90 Å².